The maximum Gasteiger partial charge on any atom is 0.306 e. The third-order valence-electron chi connectivity index (χ3n) is 15.5. The summed E-state index contributed by atoms with van der Waals surface area (Å²) in [6, 6.07) is 0. The molecule has 6 heteroatoms. The minimum atomic E-state index is -0.785. The van der Waals surface area contributed by atoms with E-state index in [1.807, 2.05) is 0 Å². The number of carbonyl (C=O) groups excluding carboxylic acids is 3. The second kappa shape index (κ2) is 70.8. The van der Waals surface area contributed by atoms with Crippen LogP contribution in [0, 0.1) is 0 Å². The van der Waals surface area contributed by atoms with E-state index in [-0.39, 0.29) is 31.1 Å². The molecule has 0 aliphatic heterocycles. The largest absolute Gasteiger partial charge is 0.462 e. The van der Waals surface area contributed by atoms with Crippen LogP contribution >= 0.6 is 0 Å². The molecular weight excluding hydrogens is 1020 g/mol. The maximum atomic E-state index is 13.0. The highest BCUT2D eigenvalue weighted by atomic mass is 16.6. The average Bonchev–Trinajstić information content (AvgIpc) is 3.49. The van der Waals surface area contributed by atoms with E-state index in [0.29, 0.717) is 19.3 Å². The summed E-state index contributed by atoms with van der Waals surface area (Å²) in [7, 11) is 0. The summed E-state index contributed by atoms with van der Waals surface area (Å²) in [6.07, 6.45) is 95.6. The lowest BCUT2D eigenvalue weighted by molar-refractivity contribution is -0.167. The number of hydrogen-bond donors (Lipinski definition) is 0. The quantitative estimate of drug-likeness (QED) is 0.0261. The molecule has 0 spiro atoms. The Morgan fingerprint density at radius 1 is 0.253 bits per heavy atom. The molecular formula is C77H134O6. The first kappa shape index (κ1) is 79.3. The molecule has 1 unspecified atom stereocenters. The predicted molar refractivity (Wildman–Crippen MR) is 362 cm³/mol. The molecule has 0 aliphatic rings. The standard InChI is InChI=1S/C77H134O6/c1-4-7-10-13-16-19-22-25-28-31-34-36-38-40-43-46-49-52-55-58-61-64-67-70-76(79)82-73-74(72-81-75(78)69-66-63-60-57-54-51-48-45-42-33-30-27-24-21-18-15-12-9-6-3)83-77(80)71-68-65-62-59-56-53-50-47-44-41-39-37-35-32-29-26-23-20-17-14-11-8-5-2/h7,10,16,18-19,21,23,25-28,30,32,34-36,74H,4-6,8-9,11-15,17,20,22,24,29,31,33,37-73H2,1-3H3/b10-7-,19-16-,21-18-,26-23-,28-25-,30-27-,35-32-,36-34-. The number of carbonyl (C=O) groups is 3. The van der Waals surface area contributed by atoms with Crippen molar-refractivity contribution in [2.45, 2.75) is 361 Å². The van der Waals surface area contributed by atoms with Gasteiger partial charge in [-0.1, -0.05) is 311 Å². The van der Waals surface area contributed by atoms with Crippen LogP contribution in [0.25, 0.3) is 0 Å². The van der Waals surface area contributed by atoms with Gasteiger partial charge in [-0.25, -0.2) is 0 Å². The molecule has 0 aromatic heterocycles. The summed E-state index contributed by atoms with van der Waals surface area (Å²) >= 11 is 0. The van der Waals surface area contributed by atoms with Gasteiger partial charge in [-0.2, -0.15) is 0 Å². The van der Waals surface area contributed by atoms with Gasteiger partial charge in [0, 0.05) is 19.3 Å². The molecule has 0 saturated carbocycles. The Kier molecular flexibility index (Phi) is 67.7. The van der Waals surface area contributed by atoms with Crippen LogP contribution in [0.2, 0.25) is 0 Å². The first-order valence-electron chi connectivity index (χ1n) is 35.7. The number of allylic oxidation sites excluding steroid dienone is 16. The van der Waals surface area contributed by atoms with Crippen LogP contribution in [0.4, 0.5) is 0 Å². The van der Waals surface area contributed by atoms with Gasteiger partial charge in [-0.15, -0.1) is 0 Å². The lowest BCUT2D eigenvalue weighted by Gasteiger charge is -2.18. The van der Waals surface area contributed by atoms with E-state index in [4.69, 9.17) is 14.2 Å². The molecule has 0 N–H and O–H groups in total. The number of rotatable bonds is 65. The minimum absolute atomic E-state index is 0.0800. The molecule has 6 nitrogen and oxygen atoms in total. The topological polar surface area (TPSA) is 78.9 Å². The normalized spacial score (nSPS) is 12.7. The lowest BCUT2D eigenvalue weighted by atomic mass is 10.0. The Balaban J connectivity index is 4.38. The van der Waals surface area contributed by atoms with Crippen molar-refractivity contribution in [2.24, 2.45) is 0 Å². The van der Waals surface area contributed by atoms with Gasteiger partial charge >= 0.3 is 17.9 Å². The fourth-order valence-electron chi connectivity index (χ4n) is 10.2. The van der Waals surface area contributed by atoms with Crippen LogP contribution in [0.5, 0.6) is 0 Å². The van der Waals surface area contributed by atoms with Crippen LogP contribution in [0.1, 0.15) is 355 Å². The molecule has 478 valence electrons. The number of hydrogen-bond acceptors (Lipinski definition) is 6. The summed E-state index contributed by atoms with van der Waals surface area (Å²) in [5.41, 5.74) is 0. The van der Waals surface area contributed by atoms with Crippen LogP contribution in [0.3, 0.4) is 0 Å². The van der Waals surface area contributed by atoms with Gasteiger partial charge in [-0.05, 0) is 122 Å². The third-order valence-corrected chi connectivity index (χ3v) is 15.5. The summed E-state index contributed by atoms with van der Waals surface area (Å²) < 4.78 is 17.0. The number of unbranched alkanes of at least 4 members (excludes halogenated alkanes) is 38. The molecule has 0 heterocycles. The monoisotopic (exact) mass is 1160 g/mol. The summed E-state index contributed by atoms with van der Waals surface area (Å²) in [5, 5.41) is 0. The van der Waals surface area contributed by atoms with E-state index in [1.54, 1.807) is 0 Å². The fourth-order valence-corrected chi connectivity index (χ4v) is 10.2. The van der Waals surface area contributed by atoms with Crippen molar-refractivity contribution in [1.29, 1.82) is 0 Å². The lowest BCUT2D eigenvalue weighted by Crippen LogP contribution is -2.30. The second-order valence-electron chi connectivity index (χ2n) is 23.8. The van der Waals surface area contributed by atoms with Gasteiger partial charge in [-0.3, -0.25) is 14.4 Å². The molecule has 0 bridgehead atoms. The molecule has 0 aliphatic carbocycles. The van der Waals surface area contributed by atoms with E-state index in [0.717, 1.165) is 96.3 Å². The minimum Gasteiger partial charge on any atom is -0.462 e. The molecule has 0 amide bonds. The molecule has 83 heavy (non-hydrogen) atoms. The van der Waals surface area contributed by atoms with Crippen LogP contribution in [0.15, 0.2) is 97.2 Å². The molecule has 0 aromatic rings. The highest BCUT2D eigenvalue weighted by Gasteiger charge is 2.19. The van der Waals surface area contributed by atoms with Gasteiger partial charge in [0.1, 0.15) is 13.2 Å². The summed E-state index contributed by atoms with van der Waals surface area (Å²) in [5.74, 6) is -0.873. The van der Waals surface area contributed by atoms with Gasteiger partial charge in [0.25, 0.3) is 0 Å². The molecule has 0 rings (SSSR count). The Morgan fingerprint density at radius 2 is 0.470 bits per heavy atom. The first-order chi connectivity index (χ1) is 41.0. The van der Waals surface area contributed by atoms with Gasteiger partial charge in [0.15, 0.2) is 6.10 Å². The third kappa shape index (κ3) is 69.0. The van der Waals surface area contributed by atoms with Crippen molar-refractivity contribution >= 4 is 17.9 Å². The number of esters is 3. The molecule has 1 atom stereocenters. The second-order valence-corrected chi connectivity index (χ2v) is 23.8. The predicted octanol–water partition coefficient (Wildman–Crippen LogP) is 24.8. The maximum absolute atomic E-state index is 13.0. The van der Waals surface area contributed by atoms with Crippen molar-refractivity contribution in [3.63, 3.8) is 0 Å². The van der Waals surface area contributed by atoms with Crippen molar-refractivity contribution in [3.05, 3.63) is 97.2 Å². The van der Waals surface area contributed by atoms with Gasteiger partial charge in [0.05, 0.1) is 0 Å². The summed E-state index contributed by atoms with van der Waals surface area (Å²) in [6.45, 7) is 6.53. The van der Waals surface area contributed by atoms with E-state index < -0.39 is 6.10 Å². The van der Waals surface area contributed by atoms with Crippen LogP contribution < -0.4 is 0 Å². The van der Waals surface area contributed by atoms with Crippen molar-refractivity contribution in [2.75, 3.05) is 13.2 Å². The van der Waals surface area contributed by atoms with Crippen molar-refractivity contribution in [3.8, 4) is 0 Å². The molecule has 0 saturated heterocycles. The van der Waals surface area contributed by atoms with Gasteiger partial charge in [0.2, 0.25) is 0 Å². The smallest absolute Gasteiger partial charge is 0.306 e. The number of ether oxygens (including phenoxy) is 3. The first-order valence-corrected chi connectivity index (χ1v) is 35.7. The van der Waals surface area contributed by atoms with Crippen molar-refractivity contribution < 1.29 is 28.6 Å². The van der Waals surface area contributed by atoms with E-state index >= 15 is 0 Å². The molecule has 0 radical (unpaired) electrons. The molecule has 0 fully saturated rings. The molecule has 0 aromatic carbocycles. The van der Waals surface area contributed by atoms with E-state index in [1.165, 1.54) is 218 Å². The highest BCUT2D eigenvalue weighted by Crippen LogP contribution is 2.17. The van der Waals surface area contributed by atoms with Crippen LogP contribution in [-0.2, 0) is 28.6 Å². The Labute approximate surface area is 515 Å². The average molecular weight is 1160 g/mol. The zero-order chi connectivity index (χ0) is 59.9. The Hall–Kier alpha value is -3.67. The van der Waals surface area contributed by atoms with E-state index in [2.05, 4.69) is 118 Å². The zero-order valence-corrected chi connectivity index (χ0v) is 54.9. The van der Waals surface area contributed by atoms with Gasteiger partial charge < -0.3 is 14.2 Å². The SMILES string of the molecule is CC/C=C\C/C=C\C/C=C\C/C=C\CCCCCCCCCCCCC(=O)OCC(COC(=O)CCCCCCCCCCC/C=C\C/C=C\CCCCC)OC(=O)CCCCCCCCCCCCC/C=C\C/C=C\CCCCCCC. The summed E-state index contributed by atoms with van der Waals surface area (Å²) in [4.78, 5) is 38.5. The Morgan fingerprint density at radius 3 is 0.759 bits per heavy atom. The van der Waals surface area contributed by atoms with Crippen LogP contribution in [-0.4, -0.2) is 37.2 Å². The van der Waals surface area contributed by atoms with E-state index in [9.17, 15) is 14.4 Å². The highest BCUT2D eigenvalue weighted by molar-refractivity contribution is 5.71. The van der Waals surface area contributed by atoms with Crippen molar-refractivity contribution in [1.82, 2.24) is 0 Å². The zero-order valence-electron chi connectivity index (χ0n) is 54.9. The fraction of sp³-hybridized carbons (Fsp3) is 0.753. The Bertz CT molecular complexity index is 1610.